The van der Waals surface area contributed by atoms with E-state index in [4.69, 9.17) is 37.6 Å². The summed E-state index contributed by atoms with van der Waals surface area (Å²) in [7, 11) is 2.05. The molecule has 0 aliphatic heterocycles. The van der Waals surface area contributed by atoms with Gasteiger partial charge in [0.05, 0.1) is 12.0 Å². The number of carbonyl (C=O) groups excluding carboxylic acids is 1. The summed E-state index contributed by atoms with van der Waals surface area (Å²) in [5.41, 5.74) is -1.42. The maximum Gasteiger partial charge on any atom is 0.303 e. The number of hydrogen-bond acceptors (Lipinski definition) is 12. The Kier molecular flexibility index (Phi) is 12.1. The molecule has 4 atom stereocenters. The van der Waals surface area contributed by atoms with Crippen molar-refractivity contribution in [3.05, 3.63) is 35.4 Å². The van der Waals surface area contributed by atoms with Gasteiger partial charge < -0.3 is 52.9 Å². The largest absolute Gasteiger partial charge is 0.467 e. The highest BCUT2D eigenvalue weighted by Gasteiger charge is 2.54. The minimum absolute atomic E-state index is 0.0387. The van der Waals surface area contributed by atoms with Crippen LogP contribution in [0.2, 0.25) is 18.1 Å². The molecule has 13 heteroatoms. The average molecular weight is 653 g/mol. The highest BCUT2D eigenvalue weighted by molar-refractivity contribution is 6.74. The Labute approximate surface area is 265 Å². The van der Waals surface area contributed by atoms with Gasteiger partial charge in [0.25, 0.3) is 0 Å². The topological polar surface area (TPSA) is 152 Å². The lowest BCUT2D eigenvalue weighted by Gasteiger charge is -2.46. The molecule has 0 spiro atoms. The van der Waals surface area contributed by atoms with E-state index in [-0.39, 0.29) is 48.9 Å². The van der Waals surface area contributed by atoms with E-state index in [0.29, 0.717) is 27.8 Å². The van der Waals surface area contributed by atoms with Crippen LogP contribution in [-0.4, -0.2) is 102 Å². The van der Waals surface area contributed by atoms with Gasteiger partial charge in [-0.15, -0.1) is 0 Å². The summed E-state index contributed by atoms with van der Waals surface area (Å²) < 4.78 is 45.6. The van der Waals surface area contributed by atoms with Crippen LogP contribution in [0, 0.1) is 0 Å². The quantitative estimate of drug-likeness (QED) is 0.154. The van der Waals surface area contributed by atoms with E-state index in [1.54, 1.807) is 24.3 Å². The molecule has 252 valence electrons. The van der Waals surface area contributed by atoms with E-state index in [9.17, 15) is 20.1 Å². The van der Waals surface area contributed by atoms with Crippen molar-refractivity contribution in [3.8, 4) is 17.2 Å². The van der Waals surface area contributed by atoms with Crippen molar-refractivity contribution >= 4 is 30.6 Å². The average Bonchev–Trinajstić information content (AvgIpc) is 2.96. The minimum Gasteiger partial charge on any atom is -0.467 e. The fraction of sp³-hybridized carbons (Fsp3) is 0.594. The molecule has 3 rings (SSSR count). The maximum absolute atomic E-state index is 12.2. The van der Waals surface area contributed by atoms with Crippen molar-refractivity contribution in [2.75, 3.05) is 48.3 Å². The van der Waals surface area contributed by atoms with Crippen molar-refractivity contribution in [1.29, 1.82) is 0 Å². The number of benzene rings is 2. The summed E-state index contributed by atoms with van der Waals surface area (Å²) in [6.45, 7) is 12.4. The summed E-state index contributed by atoms with van der Waals surface area (Å²) in [6, 6.07) is 6.90. The van der Waals surface area contributed by atoms with E-state index in [0.717, 1.165) is 6.92 Å². The monoisotopic (exact) mass is 652 g/mol. The van der Waals surface area contributed by atoms with Gasteiger partial charge in [-0.25, -0.2) is 0 Å². The van der Waals surface area contributed by atoms with Gasteiger partial charge in [0.15, 0.2) is 34.8 Å². The smallest absolute Gasteiger partial charge is 0.303 e. The number of fused-ring (bicyclic) bond motifs is 1. The molecule has 1 aliphatic carbocycles. The van der Waals surface area contributed by atoms with E-state index in [2.05, 4.69) is 33.9 Å². The maximum atomic E-state index is 12.2. The zero-order valence-electron chi connectivity index (χ0n) is 27.9. The molecule has 0 radical (unpaired) electrons. The van der Waals surface area contributed by atoms with Crippen LogP contribution in [0.15, 0.2) is 29.8 Å². The first-order valence-electron chi connectivity index (χ1n) is 14.6. The van der Waals surface area contributed by atoms with Crippen LogP contribution >= 0.6 is 0 Å². The normalized spacial score (nSPS) is 22.5. The number of methoxy groups -OCH3 is 3. The van der Waals surface area contributed by atoms with E-state index in [1.807, 2.05) is 0 Å². The number of ether oxygens (including phenoxy) is 7. The van der Waals surface area contributed by atoms with E-state index < -0.39 is 38.2 Å². The predicted molar refractivity (Wildman–Crippen MR) is 170 cm³/mol. The van der Waals surface area contributed by atoms with Gasteiger partial charge in [0.1, 0.15) is 35.1 Å². The Morgan fingerprint density at radius 1 is 0.956 bits per heavy atom. The number of carbonyl (C=O) groups is 1. The molecule has 0 fully saturated rings. The summed E-state index contributed by atoms with van der Waals surface area (Å²) in [6.07, 6.45) is -4.76. The highest BCUT2D eigenvalue weighted by Crippen LogP contribution is 2.49. The molecule has 1 aliphatic rings. The number of aliphatic hydroxyl groups is 3. The van der Waals surface area contributed by atoms with Gasteiger partial charge in [-0.05, 0) is 48.3 Å². The summed E-state index contributed by atoms with van der Waals surface area (Å²) in [5.74, 6) is 0.243. The van der Waals surface area contributed by atoms with Gasteiger partial charge in [0.2, 0.25) is 0 Å². The molecule has 0 heterocycles. The lowest BCUT2D eigenvalue weighted by atomic mass is 9.73. The molecule has 0 saturated heterocycles. The van der Waals surface area contributed by atoms with Crippen LogP contribution in [0.5, 0.6) is 17.2 Å². The SMILES string of the molecule is COCOc1c(C2=C(CO[Si](C)(C)C(C)(C)C)[C@@H](O)[C@@](C)(O)[C@H](OC(C)=O)[C@H]2O)cc(OCOC)c2c(OCOC)cccc12. The third kappa shape index (κ3) is 7.80. The van der Waals surface area contributed by atoms with E-state index >= 15 is 0 Å². The fourth-order valence-corrected chi connectivity index (χ4v) is 5.93. The second-order valence-corrected chi connectivity index (χ2v) is 17.5. The lowest BCUT2D eigenvalue weighted by molar-refractivity contribution is -0.189. The number of hydrogen-bond donors (Lipinski definition) is 3. The van der Waals surface area contributed by atoms with Crippen molar-refractivity contribution in [3.63, 3.8) is 0 Å². The van der Waals surface area contributed by atoms with E-state index in [1.165, 1.54) is 28.3 Å². The van der Waals surface area contributed by atoms with Crippen molar-refractivity contribution in [2.24, 2.45) is 0 Å². The van der Waals surface area contributed by atoms with Gasteiger partial charge in [0, 0.05) is 39.2 Å². The summed E-state index contributed by atoms with van der Waals surface area (Å²) in [4.78, 5) is 12.2. The fourth-order valence-electron chi connectivity index (χ4n) is 4.98. The van der Waals surface area contributed by atoms with Crippen molar-refractivity contribution < 1.29 is 57.7 Å². The van der Waals surface area contributed by atoms with Crippen LogP contribution < -0.4 is 14.2 Å². The van der Waals surface area contributed by atoms with Gasteiger partial charge >= 0.3 is 5.97 Å². The third-order valence-corrected chi connectivity index (χ3v) is 12.9. The second-order valence-electron chi connectivity index (χ2n) is 12.7. The van der Waals surface area contributed by atoms with Crippen LogP contribution in [0.1, 0.15) is 40.2 Å². The Morgan fingerprint density at radius 3 is 2.09 bits per heavy atom. The molecule has 0 amide bonds. The first-order valence-corrected chi connectivity index (χ1v) is 17.5. The van der Waals surface area contributed by atoms with Crippen molar-refractivity contribution in [2.45, 2.75) is 76.7 Å². The van der Waals surface area contributed by atoms with Crippen LogP contribution in [0.25, 0.3) is 16.3 Å². The molecule has 2 aromatic rings. The first kappa shape index (κ1) is 36.7. The molecular formula is C32H48O12Si. The van der Waals surface area contributed by atoms with Crippen molar-refractivity contribution in [1.82, 2.24) is 0 Å². The molecule has 0 aromatic heterocycles. The van der Waals surface area contributed by atoms with Crippen LogP contribution in [0.3, 0.4) is 0 Å². The second kappa shape index (κ2) is 14.8. The molecule has 3 N–H and O–H groups in total. The predicted octanol–water partition coefficient (Wildman–Crippen LogP) is 3.98. The van der Waals surface area contributed by atoms with Gasteiger partial charge in [-0.1, -0.05) is 32.9 Å². The number of aliphatic hydroxyl groups excluding tert-OH is 2. The molecular weight excluding hydrogens is 604 g/mol. The number of rotatable bonds is 14. The standard InChI is InChI=1S/C32H48O12Si/c1-19(33)44-30-27(34)25(22(29(35)32(30,5)36)15-43-45(9,10)31(2,3)4)21-14-24(41-17-38-7)26-20(28(21)42-18-39-8)12-11-13-23(26)40-16-37-6/h11-14,27,29-30,34-36H,15-18H2,1-10H3/t27-,29+,30+,32+/m0/s1. The molecule has 2 aromatic carbocycles. The van der Waals surface area contributed by atoms with Crippen LogP contribution in [-0.2, 0) is 28.2 Å². The summed E-state index contributed by atoms with van der Waals surface area (Å²) >= 11 is 0. The Bertz CT molecular complexity index is 1360. The Hall–Kier alpha value is -2.75. The van der Waals surface area contributed by atoms with Crippen LogP contribution in [0.4, 0.5) is 0 Å². The first-order chi connectivity index (χ1) is 21.0. The van der Waals surface area contributed by atoms with Gasteiger partial charge in [-0.3, -0.25) is 4.79 Å². The molecule has 0 bridgehead atoms. The zero-order valence-corrected chi connectivity index (χ0v) is 28.9. The number of esters is 1. The molecule has 45 heavy (non-hydrogen) atoms. The molecule has 12 nitrogen and oxygen atoms in total. The zero-order chi connectivity index (χ0) is 33.7. The summed E-state index contributed by atoms with van der Waals surface area (Å²) in [5, 5.41) is 36.1. The highest BCUT2D eigenvalue weighted by atomic mass is 28.4. The molecule has 0 unspecified atom stereocenters. The Balaban J connectivity index is 2.46. The van der Waals surface area contributed by atoms with Gasteiger partial charge in [-0.2, -0.15) is 0 Å². The third-order valence-electron chi connectivity index (χ3n) is 8.39. The Morgan fingerprint density at radius 2 is 1.53 bits per heavy atom. The molecule has 0 saturated carbocycles. The minimum atomic E-state index is -2.40. The lowest BCUT2D eigenvalue weighted by Crippen LogP contribution is -2.61.